The van der Waals surface area contributed by atoms with Gasteiger partial charge in [-0.3, -0.25) is 0 Å². The van der Waals surface area contributed by atoms with E-state index >= 15 is 0 Å². The zero-order chi connectivity index (χ0) is 9.00. The molecule has 0 aliphatic rings. The van der Waals surface area contributed by atoms with Crippen LogP contribution in [0.15, 0.2) is 12.1 Å². The largest absolute Gasteiger partial charge is 0.139 e. The predicted molar refractivity (Wildman–Crippen MR) is 64.6 cm³/mol. The minimum Gasteiger partial charge on any atom is -0.139 e. The summed E-state index contributed by atoms with van der Waals surface area (Å²) in [5, 5.41) is 1.47. The van der Waals surface area contributed by atoms with E-state index in [1.54, 1.807) is 0 Å². The molecule has 0 unspecified atom stereocenters. The van der Waals surface area contributed by atoms with Crippen LogP contribution in [0.1, 0.15) is 9.75 Å². The van der Waals surface area contributed by atoms with Crippen LogP contribution < -0.4 is 0 Å². The van der Waals surface area contributed by atoms with Gasteiger partial charge in [0, 0.05) is 19.8 Å². The van der Waals surface area contributed by atoms with Crippen molar-refractivity contribution in [2.45, 2.75) is 13.8 Å². The highest BCUT2D eigenvalue weighted by atomic mass is 32.2. The second-order valence-electron chi connectivity index (χ2n) is 3.21. The van der Waals surface area contributed by atoms with Gasteiger partial charge in [-0.25, -0.2) is 0 Å². The molecule has 3 heterocycles. The molecule has 0 spiro atoms. The van der Waals surface area contributed by atoms with Crippen LogP contribution in [0.5, 0.6) is 0 Å². The van der Waals surface area contributed by atoms with E-state index in [9.17, 15) is 0 Å². The zero-order valence-electron chi connectivity index (χ0n) is 7.38. The molecular formula is C10H8S3. The average molecular weight is 224 g/mol. The van der Waals surface area contributed by atoms with Gasteiger partial charge in [0.1, 0.15) is 0 Å². The summed E-state index contributed by atoms with van der Waals surface area (Å²) in [6, 6.07) is 4.61. The van der Waals surface area contributed by atoms with Crippen molar-refractivity contribution in [3.8, 4) is 0 Å². The van der Waals surface area contributed by atoms with Crippen LogP contribution in [-0.2, 0) is 0 Å². The Kier molecular flexibility index (Phi) is 1.57. The number of aryl methyl sites for hydroxylation is 2. The number of thiophene rings is 3. The third kappa shape index (κ3) is 1.08. The molecule has 0 radical (unpaired) electrons. The van der Waals surface area contributed by atoms with Crippen molar-refractivity contribution in [1.82, 2.24) is 0 Å². The van der Waals surface area contributed by atoms with Crippen LogP contribution in [0.25, 0.3) is 18.8 Å². The molecule has 0 N–H and O–H groups in total. The Morgan fingerprint density at radius 1 is 0.923 bits per heavy atom. The second kappa shape index (κ2) is 2.56. The van der Waals surface area contributed by atoms with Crippen molar-refractivity contribution >= 4 is 52.8 Å². The Bertz CT molecular complexity index is 529. The summed E-state index contributed by atoms with van der Waals surface area (Å²) >= 11 is 5.76. The van der Waals surface area contributed by atoms with Crippen molar-refractivity contribution in [2.75, 3.05) is 0 Å². The predicted octanol–water partition coefficient (Wildman–Crippen LogP) is 4.79. The van der Waals surface area contributed by atoms with Crippen LogP contribution in [-0.4, -0.2) is 0 Å². The van der Waals surface area contributed by atoms with Crippen LogP contribution in [0.2, 0.25) is 0 Å². The van der Waals surface area contributed by atoms with Crippen LogP contribution >= 0.6 is 34.0 Å². The van der Waals surface area contributed by atoms with Gasteiger partial charge >= 0.3 is 0 Å². The number of fused-ring (bicyclic) bond motifs is 3. The van der Waals surface area contributed by atoms with Gasteiger partial charge in [-0.05, 0) is 26.0 Å². The summed E-state index contributed by atoms with van der Waals surface area (Å²) in [5.74, 6) is 0. The SMILES string of the molecule is Cc1cc2c(s1)sc1cc(C)sc12. The molecule has 3 heteroatoms. The maximum atomic E-state index is 2.31. The summed E-state index contributed by atoms with van der Waals surface area (Å²) in [5.41, 5.74) is 0. The Morgan fingerprint density at radius 3 is 2.54 bits per heavy atom. The summed E-state index contributed by atoms with van der Waals surface area (Å²) in [7, 11) is 0. The van der Waals surface area contributed by atoms with Crippen LogP contribution in [0.3, 0.4) is 0 Å². The summed E-state index contributed by atoms with van der Waals surface area (Å²) in [6.07, 6.45) is 0. The van der Waals surface area contributed by atoms with Gasteiger partial charge in [-0.1, -0.05) is 0 Å². The molecule has 3 aromatic rings. The highest BCUT2D eigenvalue weighted by Gasteiger charge is 2.09. The molecule has 0 atom stereocenters. The van der Waals surface area contributed by atoms with Gasteiger partial charge in [-0.2, -0.15) is 0 Å². The fourth-order valence-corrected chi connectivity index (χ4v) is 5.44. The van der Waals surface area contributed by atoms with Gasteiger partial charge in [0.05, 0.1) is 8.71 Å². The van der Waals surface area contributed by atoms with E-state index in [2.05, 4.69) is 26.0 Å². The van der Waals surface area contributed by atoms with E-state index in [-0.39, 0.29) is 0 Å². The van der Waals surface area contributed by atoms with Crippen molar-refractivity contribution in [2.24, 2.45) is 0 Å². The minimum atomic E-state index is 1.42. The van der Waals surface area contributed by atoms with Gasteiger partial charge in [-0.15, -0.1) is 34.0 Å². The minimum absolute atomic E-state index is 1.42. The molecule has 66 valence electrons. The van der Waals surface area contributed by atoms with E-state index < -0.39 is 0 Å². The number of rotatable bonds is 0. The van der Waals surface area contributed by atoms with Crippen molar-refractivity contribution < 1.29 is 0 Å². The van der Waals surface area contributed by atoms with Crippen molar-refractivity contribution in [3.05, 3.63) is 21.9 Å². The maximum absolute atomic E-state index is 2.31. The zero-order valence-corrected chi connectivity index (χ0v) is 9.83. The molecule has 3 aromatic heterocycles. The number of hydrogen-bond donors (Lipinski definition) is 0. The molecule has 0 aliphatic heterocycles. The smallest absolute Gasteiger partial charge is 0.0888 e. The number of hydrogen-bond acceptors (Lipinski definition) is 3. The molecule has 3 rings (SSSR count). The summed E-state index contributed by atoms with van der Waals surface area (Å²) in [4.78, 5) is 2.85. The van der Waals surface area contributed by atoms with E-state index in [1.165, 1.54) is 28.6 Å². The molecule has 0 nitrogen and oxygen atoms in total. The lowest BCUT2D eigenvalue weighted by atomic mass is 10.3. The van der Waals surface area contributed by atoms with Gasteiger partial charge in [0.25, 0.3) is 0 Å². The first-order chi connectivity index (χ1) is 6.24. The molecule has 0 bridgehead atoms. The van der Waals surface area contributed by atoms with Gasteiger partial charge in [0.2, 0.25) is 0 Å². The van der Waals surface area contributed by atoms with E-state index in [1.807, 2.05) is 34.0 Å². The van der Waals surface area contributed by atoms with Gasteiger partial charge in [0.15, 0.2) is 0 Å². The topological polar surface area (TPSA) is 0 Å². The summed E-state index contributed by atoms with van der Waals surface area (Å²) in [6.45, 7) is 4.37. The van der Waals surface area contributed by atoms with Crippen molar-refractivity contribution in [1.29, 1.82) is 0 Å². The fourth-order valence-electron chi connectivity index (χ4n) is 1.58. The fraction of sp³-hybridized carbons (Fsp3) is 0.200. The molecular weight excluding hydrogens is 216 g/mol. The Morgan fingerprint density at radius 2 is 1.69 bits per heavy atom. The lowest BCUT2D eigenvalue weighted by Gasteiger charge is -1.76. The molecule has 0 aromatic carbocycles. The lowest BCUT2D eigenvalue weighted by molar-refractivity contribution is 1.66. The quantitative estimate of drug-likeness (QED) is 0.515. The Hall–Kier alpha value is -0.380. The van der Waals surface area contributed by atoms with Gasteiger partial charge < -0.3 is 0 Å². The Balaban J connectivity index is 2.56. The lowest BCUT2D eigenvalue weighted by Crippen LogP contribution is -1.50. The maximum Gasteiger partial charge on any atom is 0.0888 e. The van der Waals surface area contributed by atoms with Crippen LogP contribution in [0, 0.1) is 13.8 Å². The highest BCUT2D eigenvalue weighted by Crippen LogP contribution is 2.42. The molecule has 0 saturated carbocycles. The van der Waals surface area contributed by atoms with E-state index in [0.29, 0.717) is 0 Å². The van der Waals surface area contributed by atoms with E-state index in [0.717, 1.165) is 0 Å². The third-order valence-corrected chi connectivity index (χ3v) is 5.59. The molecule has 0 fully saturated rings. The summed E-state index contributed by atoms with van der Waals surface area (Å²) < 4.78 is 4.43. The average Bonchev–Trinajstić information content (AvgIpc) is 2.60. The molecule has 0 amide bonds. The van der Waals surface area contributed by atoms with Crippen LogP contribution in [0.4, 0.5) is 0 Å². The normalized spacial score (nSPS) is 11.8. The van der Waals surface area contributed by atoms with Crippen molar-refractivity contribution in [3.63, 3.8) is 0 Å². The highest BCUT2D eigenvalue weighted by molar-refractivity contribution is 7.44. The third-order valence-electron chi connectivity index (χ3n) is 2.09. The van der Waals surface area contributed by atoms with E-state index in [4.69, 9.17) is 0 Å². The second-order valence-corrected chi connectivity index (χ2v) is 7.03. The first kappa shape index (κ1) is 7.97. The first-order valence-electron chi connectivity index (χ1n) is 4.13. The monoisotopic (exact) mass is 224 g/mol. The molecule has 0 saturated heterocycles. The first-order valence-corrected chi connectivity index (χ1v) is 6.58. The molecule has 13 heavy (non-hydrogen) atoms. The molecule has 0 aliphatic carbocycles. The standard InChI is InChI=1S/C10H8S3/c1-5-3-7-9-8(4-6(2)11-9)13-10(7)12-5/h3-4H,1-2H3. The Labute approximate surface area is 88.4 Å².